The predicted octanol–water partition coefficient (Wildman–Crippen LogP) is 1.84. The zero-order valence-corrected chi connectivity index (χ0v) is 13.4. The Morgan fingerprint density at radius 3 is 2.78 bits per heavy atom. The summed E-state index contributed by atoms with van der Waals surface area (Å²) in [6, 6.07) is 2.49. The molecule has 7 nitrogen and oxygen atoms in total. The Labute approximate surface area is 135 Å². The molecule has 1 aliphatic heterocycles. The fraction of sp³-hybridized carbons (Fsp3) is 0.625. The van der Waals surface area contributed by atoms with Crippen LogP contribution in [0.15, 0.2) is 23.1 Å². The van der Waals surface area contributed by atoms with Crippen molar-refractivity contribution in [2.24, 2.45) is 0 Å². The number of likely N-dealkylation sites (tertiary alicyclic amines) is 1. The van der Waals surface area contributed by atoms with Crippen LogP contribution in [0.2, 0.25) is 0 Å². The average Bonchev–Trinajstić information content (AvgIpc) is 3.36. The van der Waals surface area contributed by atoms with Crippen LogP contribution in [0.25, 0.3) is 0 Å². The summed E-state index contributed by atoms with van der Waals surface area (Å²) in [5.74, 6) is 3.18. The highest BCUT2D eigenvalue weighted by atomic mass is 16.5. The standard InChI is InChI=1S/C16H22N6O/c1-21(15-4-7-17-11-18-15)13-5-8-22(9-6-13)10-14-19-16(23-20-14)12-2-3-12/h4,7,11-13H,2-3,5-6,8-10H2,1H3. The fourth-order valence-corrected chi connectivity index (χ4v) is 3.17. The quantitative estimate of drug-likeness (QED) is 0.834. The molecule has 0 spiro atoms. The lowest BCUT2D eigenvalue weighted by atomic mass is 10.0. The summed E-state index contributed by atoms with van der Waals surface area (Å²) in [7, 11) is 2.11. The van der Waals surface area contributed by atoms with E-state index < -0.39 is 0 Å². The van der Waals surface area contributed by atoms with E-state index in [1.165, 1.54) is 12.8 Å². The second kappa shape index (κ2) is 6.23. The van der Waals surface area contributed by atoms with E-state index in [-0.39, 0.29) is 0 Å². The smallest absolute Gasteiger partial charge is 0.229 e. The van der Waals surface area contributed by atoms with Crippen LogP contribution in [0, 0.1) is 0 Å². The summed E-state index contributed by atoms with van der Waals surface area (Å²) in [5, 5.41) is 4.12. The summed E-state index contributed by atoms with van der Waals surface area (Å²) in [6.07, 6.45) is 8.03. The minimum absolute atomic E-state index is 0.522. The molecule has 0 bridgehead atoms. The highest BCUT2D eigenvalue weighted by Crippen LogP contribution is 2.38. The Morgan fingerprint density at radius 2 is 2.09 bits per heavy atom. The van der Waals surface area contributed by atoms with E-state index in [0.717, 1.165) is 50.0 Å². The molecule has 4 rings (SSSR count). The van der Waals surface area contributed by atoms with Crippen LogP contribution < -0.4 is 4.90 Å². The Morgan fingerprint density at radius 1 is 1.26 bits per heavy atom. The first-order chi connectivity index (χ1) is 11.3. The molecule has 2 aromatic rings. The third-order valence-corrected chi connectivity index (χ3v) is 4.81. The van der Waals surface area contributed by atoms with Gasteiger partial charge in [0.2, 0.25) is 5.89 Å². The number of aromatic nitrogens is 4. The second-order valence-electron chi connectivity index (χ2n) is 6.51. The van der Waals surface area contributed by atoms with Crippen molar-refractivity contribution in [3.05, 3.63) is 30.3 Å². The molecule has 23 heavy (non-hydrogen) atoms. The van der Waals surface area contributed by atoms with Crippen LogP contribution in [0.1, 0.15) is 43.3 Å². The summed E-state index contributed by atoms with van der Waals surface area (Å²) >= 11 is 0. The topological polar surface area (TPSA) is 71.2 Å². The van der Waals surface area contributed by atoms with Crippen molar-refractivity contribution in [2.45, 2.75) is 44.2 Å². The van der Waals surface area contributed by atoms with Crippen molar-refractivity contribution >= 4 is 5.82 Å². The lowest BCUT2D eigenvalue weighted by Gasteiger charge is -2.36. The van der Waals surface area contributed by atoms with Gasteiger partial charge < -0.3 is 9.42 Å². The lowest BCUT2D eigenvalue weighted by molar-refractivity contribution is 0.196. The molecule has 1 saturated carbocycles. The molecule has 1 aliphatic carbocycles. The minimum atomic E-state index is 0.522. The van der Waals surface area contributed by atoms with Crippen LogP contribution >= 0.6 is 0 Å². The van der Waals surface area contributed by atoms with Crippen LogP contribution in [0.5, 0.6) is 0 Å². The molecule has 0 atom stereocenters. The molecule has 7 heteroatoms. The molecule has 2 aliphatic rings. The van der Waals surface area contributed by atoms with Crippen LogP contribution in [0.3, 0.4) is 0 Å². The summed E-state index contributed by atoms with van der Waals surface area (Å²) in [6.45, 7) is 2.89. The predicted molar refractivity (Wildman–Crippen MR) is 85.0 cm³/mol. The van der Waals surface area contributed by atoms with Crippen LogP contribution in [0.4, 0.5) is 5.82 Å². The Bertz CT molecular complexity index is 633. The number of hydrogen-bond acceptors (Lipinski definition) is 7. The summed E-state index contributed by atoms with van der Waals surface area (Å²) < 4.78 is 5.34. The number of rotatable bonds is 5. The maximum atomic E-state index is 5.34. The van der Waals surface area contributed by atoms with Crippen molar-refractivity contribution < 1.29 is 4.52 Å². The second-order valence-corrected chi connectivity index (χ2v) is 6.51. The van der Waals surface area contributed by atoms with Gasteiger partial charge in [-0.15, -0.1) is 0 Å². The van der Waals surface area contributed by atoms with Gasteiger partial charge in [0.05, 0.1) is 6.54 Å². The monoisotopic (exact) mass is 314 g/mol. The van der Waals surface area contributed by atoms with Gasteiger partial charge in [-0.25, -0.2) is 9.97 Å². The van der Waals surface area contributed by atoms with Crippen molar-refractivity contribution in [3.63, 3.8) is 0 Å². The molecule has 122 valence electrons. The highest BCUT2D eigenvalue weighted by Gasteiger charge is 2.30. The van der Waals surface area contributed by atoms with E-state index in [2.05, 4.69) is 37.0 Å². The van der Waals surface area contributed by atoms with Gasteiger partial charge in [-0.2, -0.15) is 4.98 Å². The summed E-state index contributed by atoms with van der Waals surface area (Å²) in [5.41, 5.74) is 0. The molecule has 0 N–H and O–H groups in total. The molecule has 1 saturated heterocycles. The lowest BCUT2D eigenvalue weighted by Crippen LogP contribution is -2.43. The zero-order valence-electron chi connectivity index (χ0n) is 13.4. The zero-order chi connectivity index (χ0) is 15.6. The van der Waals surface area contributed by atoms with E-state index in [4.69, 9.17) is 4.52 Å². The van der Waals surface area contributed by atoms with Crippen molar-refractivity contribution in [3.8, 4) is 0 Å². The largest absolute Gasteiger partial charge is 0.356 e. The van der Waals surface area contributed by atoms with Crippen molar-refractivity contribution in [2.75, 3.05) is 25.0 Å². The van der Waals surface area contributed by atoms with Gasteiger partial charge >= 0.3 is 0 Å². The van der Waals surface area contributed by atoms with E-state index in [0.29, 0.717) is 12.0 Å². The molecule has 2 aromatic heterocycles. The normalized spacial score (nSPS) is 19.9. The van der Waals surface area contributed by atoms with Gasteiger partial charge in [-0.05, 0) is 31.7 Å². The maximum Gasteiger partial charge on any atom is 0.229 e. The molecule has 2 fully saturated rings. The van der Waals surface area contributed by atoms with Gasteiger partial charge in [0.15, 0.2) is 5.82 Å². The van der Waals surface area contributed by atoms with Gasteiger partial charge in [0.1, 0.15) is 12.1 Å². The van der Waals surface area contributed by atoms with Crippen molar-refractivity contribution in [1.82, 2.24) is 25.0 Å². The first-order valence-electron chi connectivity index (χ1n) is 8.33. The van der Waals surface area contributed by atoms with E-state index in [1.807, 2.05) is 6.07 Å². The molecule has 3 heterocycles. The van der Waals surface area contributed by atoms with Crippen LogP contribution in [-0.2, 0) is 6.54 Å². The fourth-order valence-electron chi connectivity index (χ4n) is 3.17. The Kier molecular flexibility index (Phi) is 3.95. The third kappa shape index (κ3) is 3.34. The maximum absolute atomic E-state index is 5.34. The molecule has 0 aromatic carbocycles. The molecular formula is C16H22N6O. The van der Waals surface area contributed by atoms with E-state index in [9.17, 15) is 0 Å². The first-order valence-corrected chi connectivity index (χ1v) is 8.33. The van der Waals surface area contributed by atoms with E-state index in [1.54, 1.807) is 12.5 Å². The minimum Gasteiger partial charge on any atom is -0.356 e. The third-order valence-electron chi connectivity index (χ3n) is 4.81. The Balaban J connectivity index is 1.30. The molecule has 0 radical (unpaired) electrons. The highest BCUT2D eigenvalue weighted by molar-refractivity contribution is 5.36. The molecule has 0 unspecified atom stereocenters. The molecular weight excluding hydrogens is 292 g/mol. The number of piperidine rings is 1. The molecule has 0 amide bonds. The van der Waals surface area contributed by atoms with Crippen molar-refractivity contribution in [1.29, 1.82) is 0 Å². The first kappa shape index (κ1) is 14.6. The number of anilines is 1. The van der Waals surface area contributed by atoms with Crippen LogP contribution in [-0.4, -0.2) is 51.2 Å². The Hall–Kier alpha value is -2.02. The van der Waals surface area contributed by atoms with E-state index >= 15 is 0 Å². The average molecular weight is 314 g/mol. The summed E-state index contributed by atoms with van der Waals surface area (Å²) in [4.78, 5) is 17.5. The number of nitrogens with zero attached hydrogens (tertiary/aromatic N) is 6. The van der Waals surface area contributed by atoms with Gasteiger partial charge in [-0.3, -0.25) is 4.90 Å². The number of hydrogen-bond donors (Lipinski definition) is 0. The van der Waals surface area contributed by atoms with Gasteiger partial charge in [0.25, 0.3) is 0 Å². The SMILES string of the molecule is CN(c1ccncn1)C1CCN(Cc2noc(C3CC3)n2)CC1. The van der Waals surface area contributed by atoms with Gasteiger partial charge in [0, 0.05) is 38.3 Å². The van der Waals surface area contributed by atoms with Gasteiger partial charge in [-0.1, -0.05) is 5.16 Å².